The van der Waals surface area contributed by atoms with Gasteiger partial charge in [-0.05, 0) is 50.2 Å². The number of benzene rings is 1. The van der Waals surface area contributed by atoms with Crippen LogP contribution in [0.1, 0.15) is 52.0 Å². The molecule has 0 radical (unpaired) electrons. The summed E-state index contributed by atoms with van der Waals surface area (Å²) in [5, 5.41) is 15.4. The molecule has 3 rings (SSSR count). The molecule has 7 heteroatoms. The van der Waals surface area contributed by atoms with Crippen molar-refractivity contribution in [2.75, 3.05) is 6.61 Å². The molecular weight excluding hydrogens is 334 g/mol. The van der Waals surface area contributed by atoms with Crippen molar-refractivity contribution in [3.05, 3.63) is 33.9 Å². The van der Waals surface area contributed by atoms with E-state index >= 15 is 0 Å². The van der Waals surface area contributed by atoms with Crippen LogP contribution in [-0.4, -0.2) is 23.1 Å². The molecule has 7 nitrogen and oxygen atoms in total. The summed E-state index contributed by atoms with van der Waals surface area (Å²) < 4.78 is 5.28. The van der Waals surface area contributed by atoms with E-state index in [4.69, 9.17) is 4.74 Å². The summed E-state index contributed by atoms with van der Waals surface area (Å²) in [5.41, 5.74) is 3.79. The van der Waals surface area contributed by atoms with Crippen molar-refractivity contribution < 1.29 is 14.5 Å². The van der Waals surface area contributed by atoms with Gasteiger partial charge in [0, 0.05) is 17.5 Å². The Balaban J connectivity index is 1.71. The molecule has 0 bridgehead atoms. The lowest BCUT2D eigenvalue weighted by molar-refractivity contribution is -0.385. The maximum absolute atomic E-state index is 12.5. The molecule has 0 aromatic heterocycles. The summed E-state index contributed by atoms with van der Waals surface area (Å²) >= 11 is 0. The van der Waals surface area contributed by atoms with E-state index < -0.39 is 4.92 Å². The number of fused-ring (bicyclic) bond motifs is 1. The monoisotopic (exact) mass is 359 g/mol. The third-order valence-electron chi connectivity index (χ3n) is 5.82. The minimum absolute atomic E-state index is 0.0382. The molecule has 2 fully saturated rings. The Morgan fingerprint density at radius 3 is 2.85 bits per heavy atom. The number of carbonyl (C=O) groups is 1. The molecule has 0 unspecified atom stereocenters. The van der Waals surface area contributed by atoms with Gasteiger partial charge < -0.3 is 4.74 Å². The molecule has 2 saturated carbocycles. The molecule has 1 aromatic carbocycles. The number of nitro groups is 1. The highest BCUT2D eigenvalue weighted by molar-refractivity contribution is 6.00. The maximum Gasteiger partial charge on any atom is 0.311 e. The van der Waals surface area contributed by atoms with E-state index in [1.807, 2.05) is 0 Å². The fourth-order valence-electron chi connectivity index (χ4n) is 4.29. The number of hydrogen-bond donors (Lipinski definition) is 1. The van der Waals surface area contributed by atoms with Crippen molar-refractivity contribution in [2.24, 2.45) is 22.4 Å². The molecule has 1 aromatic rings. The fourth-order valence-corrected chi connectivity index (χ4v) is 4.29. The number of ether oxygens (including phenoxy) is 1. The summed E-state index contributed by atoms with van der Waals surface area (Å²) in [4.78, 5) is 23.2. The van der Waals surface area contributed by atoms with E-state index in [0.717, 1.165) is 12.8 Å². The van der Waals surface area contributed by atoms with E-state index in [9.17, 15) is 14.9 Å². The Hall–Kier alpha value is -2.44. The van der Waals surface area contributed by atoms with Crippen LogP contribution in [0.2, 0.25) is 0 Å². The lowest BCUT2D eigenvalue weighted by Crippen LogP contribution is -2.23. The second kappa shape index (κ2) is 7.05. The normalized spacial score (nSPS) is 27.4. The zero-order chi connectivity index (χ0) is 18.9. The van der Waals surface area contributed by atoms with Gasteiger partial charge in [-0.25, -0.2) is 5.43 Å². The van der Waals surface area contributed by atoms with Gasteiger partial charge in [0.05, 0.1) is 17.2 Å². The Morgan fingerprint density at radius 2 is 2.23 bits per heavy atom. The van der Waals surface area contributed by atoms with Crippen LogP contribution < -0.4 is 10.2 Å². The molecule has 140 valence electrons. The van der Waals surface area contributed by atoms with Gasteiger partial charge in [0.1, 0.15) is 0 Å². The number of nitrogens with zero attached hydrogens (tertiary/aromatic N) is 2. The number of hydrogen-bond acceptors (Lipinski definition) is 5. The molecule has 0 saturated heterocycles. The quantitative estimate of drug-likeness (QED) is 0.476. The van der Waals surface area contributed by atoms with Crippen molar-refractivity contribution in [3.8, 4) is 5.75 Å². The highest BCUT2D eigenvalue weighted by Crippen LogP contribution is 2.66. The molecule has 26 heavy (non-hydrogen) atoms. The third kappa shape index (κ3) is 3.30. The van der Waals surface area contributed by atoms with Crippen LogP contribution in [0, 0.1) is 27.4 Å². The van der Waals surface area contributed by atoms with Crippen LogP contribution in [0.5, 0.6) is 5.75 Å². The summed E-state index contributed by atoms with van der Waals surface area (Å²) in [6.07, 6.45) is 4.60. The minimum atomic E-state index is -0.476. The Morgan fingerprint density at radius 1 is 1.46 bits per heavy atom. The molecule has 1 N–H and O–H groups in total. The van der Waals surface area contributed by atoms with Gasteiger partial charge in [-0.3, -0.25) is 14.9 Å². The van der Waals surface area contributed by atoms with Crippen molar-refractivity contribution in [1.29, 1.82) is 0 Å². The molecule has 3 atom stereocenters. The number of nitrogens with one attached hydrogen (secondary N) is 1. The second-order valence-electron chi connectivity index (χ2n) is 7.38. The second-order valence-corrected chi connectivity index (χ2v) is 7.38. The number of carbonyl (C=O) groups excluding carboxylic acids is 1. The van der Waals surface area contributed by atoms with Crippen molar-refractivity contribution in [2.45, 2.75) is 46.5 Å². The van der Waals surface area contributed by atoms with Crippen LogP contribution in [0.25, 0.3) is 0 Å². The highest BCUT2D eigenvalue weighted by atomic mass is 16.6. The van der Waals surface area contributed by atoms with E-state index in [1.54, 1.807) is 26.0 Å². The van der Waals surface area contributed by atoms with Gasteiger partial charge in [0.15, 0.2) is 5.75 Å². The smallest absolute Gasteiger partial charge is 0.311 e. The van der Waals surface area contributed by atoms with E-state index in [2.05, 4.69) is 17.5 Å². The topological polar surface area (TPSA) is 93.8 Å². The fraction of sp³-hybridized carbons (Fsp3) is 0.579. The predicted molar refractivity (Wildman–Crippen MR) is 98.2 cm³/mol. The third-order valence-corrected chi connectivity index (χ3v) is 5.82. The zero-order valence-corrected chi connectivity index (χ0v) is 15.4. The number of amides is 1. The zero-order valence-electron chi connectivity index (χ0n) is 15.4. The molecule has 2 aliphatic rings. The van der Waals surface area contributed by atoms with Crippen LogP contribution in [0.15, 0.2) is 23.3 Å². The SMILES string of the molecule is CCOc1ccc(/C(C)=N\NC(=O)[C@H]2[C@H]3CCCC[C@@]32C)cc1[N+](=O)[O-]. The Kier molecular flexibility index (Phi) is 4.98. The molecule has 1 amide bonds. The molecule has 0 aliphatic heterocycles. The Labute approximate surface area is 153 Å². The first-order valence-electron chi connectivity index (χ1n) is 9.14. The summed E-state index contributed by atoms with van der Waals surface area (Å²) in [6.45, 7) is 6.04. The Bertz CT molecular complexity index is 761. The van der Waals surface area contributed by atoms with Crippen LogP contribution in [0.3, 0.4) is 0 Å². The highest BCUT2D eigenvalue weighted by Gasteiger charge is 2.64. The largest absolute Gasteiger partial charge is 0.487 e. The first kappa shape index (κ1) is 18.4. The minimum Gasteiger partial charge on any atom is -0.487 e. The van der Waals surface area contributed by atoms with Gasteiger partial charge >= 0.3 is 5.69 Å². The van der Waals surface area contributed by atoms with Gasteiger partial charge in [0.25, 0.3) is 0 Å². The van der Waals surface area contributed by atoms with E-state index in [0.29, 0.717) is 23.8 Å². The van der Waals surface area contributed by atoms with Crippen LogP contribution >= 0.6 is 0 Å². The number of rotatable bonds is 6. The van der Waals surface area contributed by atoms with Gasteiger partial charge in [-0.15, -0.1) is 0 Å². The van der Waals surface area contributed by atoms with Gasteiger partial charge in [0.2, 0.25) is 5.91 Å². The van der Waals surface area contributed by atoms with Crippen molar-refractivity contribution in [3.63, 3.8) is 0 Å². The first-order chi connectivity index (χ1) is 12.4. The molecule has 2 aliphatic carbocycles. The van der Waals surface area contributed by atoms with E-state index in [-0.39, 0.29) is 28.7 Å². The lowest BCUT2D eigenvalue weighted by Gasteiger charge is -2.15. The van der Waals surface area contributed by atoms with Crippen LogP contribution in [0.4, 0.5) is 5.69 Å². The first-order valence-corrected chi connectivity index (χ1v) is 9.14. The number of nitro benzene ring substituents is 1. The molecule has 0 spiro atoms. The average molecular weight is 359 g/mol. The van der Waals surface area contributed by atoms with Crippen LogP contribution in [-0.2, 0) is 4.79 Å². The van der Waals surface area contributed by atoms with Gasteiger partial charge in [-0.2, -0.15) is 5.10 Å². The van der Waals surface area contributed by atoms with Crippen molar-refractivity contribution >= 4 is 17.3 Å². The van der Waals surface area contributed by atoms with Crippen molar-refractivity contribution in [1.82, 2.24) is 5.43 Å². The molecule has 0 heterocycles. The lowest BCUT2D eigenvalue weighted by atomic mass is 9.90. The maximum atomic E-state index is 12.5. The summed E-state index contributed by atoms with van der Waals surface area (Å²) in [5.74, 6) is 0.696. The van der Waals surface area contributed by atoms with Gasteiger partial charge in [-0.1, -0.05) is 19.8 Å². The summed E-state index contributed by atoms with van der Waals surface area (Å²) in [6, 6.07) is 4.70. The molecular formula is C19H25N3O4. The van der Waals surface area contributed by atoms with E-state index in [1.165, 1.54) is 18.9 Å². The summed E-state index contributed by atoms with van der Waals surface area (Å²) in [7, 11) is 0. The predicted octanol–water partition coefficient (Wildman–Crippen LogP) is 3.66. The average Bonchev–Trinajstić information content (AvgIpc) is 3.25. The standard InChI is InChI=1S/C19H25N3O4/c1-4-26-16-9-8-13(11-15(16)22(24)25)12(2)20-21-18(23)17-14-7-5-6-10-19(14,17)3/h8-9,11,14,17H,4-7,10H2,1-3H3,(H,21,23)/b20-12-/t14-,17-,19+/m1/s1. The number of hydrazone groups is 1.